The van der Waals surface area contributed by atoms with Gasteiger partial charge in [-0.3, -0.25) is 4.39 Å². The van der Waals surface area contributed by atoms with Crippen LogP contribution >= 0.6 is 0 Å². The molecule has 0 spiro atoms. The SMILES string of the molecule is C[Si](C)(C)c1ccc(-c2[c-]cc(F)cc2)nc1.[2H]C([2H])(c1ccnc(-c2[c-]ccc3c2oc2cc(-c4ccccc4)ccc23)c1)C(C)C.[Ir]. The van der Waals surface area contributed by atoms with E-state index < -0.39 is 14.4 Å². The predicted molar refractivity (Wildman–Crippen MR) is 191 cm³/mol. The Morgan fingerprint density at radius 1 is 0.830 bits per heavy atom. The van der Waals surface area contributed by atoms with Crippen LogP contribution in [0.2, 0.25) is 19.6 Å². The third-order valence-corrected chi connectivity index (χ3v) is 9.72. The number of hydrogen-bond donors (Lipinski definition) is 0. The van der Waals surface area contributed by atoms with Gasteiger partial charge in [0.25, 0.3) is 0 Å². The van der Waals surface area contributed by atoms with E-state index in [1.165, 1.54) is 17.3 Å². The minimum absolute atomic E-state index is 0. The number of benzene rings is 4. The molecule has 0 aliphatic heterocycles. The van der Waals surface area contributed by atoms with Crippen molar-refractivity contribution in [3.05, 3.63) is 139 Å². The van der Waals surface area contributed by atoms with Gasteiger partial charge in [0.15, 0.2) is 0 Å². The molecule has 239 valence electrons. The summed E-state index contributed by atoms with van der Waals surface area (Å²) in [5.74, 6) is -0.419. The number of furan rings is 1. The molecule has 0 amide bonds. The van der Waals surface area contributed by atoms with Crippen LogP contribution < -0.4 is 5.19 Å². The Bertz CT molecular complexity index is 2180. The molecule has 4 aromatic carbocycles. The zero-order chi connectivity index (χ0) is 34.1. The maximum Gasteiger partial charge on any atom is 0.121 e. The average Bonchev–Trinajstić information content (AvgIpc) is 3.47. The van der Waals surface area contributed by atoms with Gasteiger partial charge in [0.1, 0.15) is 5.58 Å². The summed E-state index contributed by atoms with van der Waals surface area (Å²) in [7, 11) is -1.30. The minimum Gasteiger partial charge on any atom is -0.501 e. The number of rotatable bonds is 6. The summed E-state index contributed by atoms with van der Waals surface area (Å²) in [5.41, 5.74) is 7.46. The van der Waals surface area contributed by atoms with Crippen LogP contribution in [0.4, 0.5) is 4.39 Å². The summed E-state index contributed by atoms with van der Waals surface area (Å²) in [6.07, 6.45) is 2.15. The summed E-state index contributed by atoms with van der Waals surface area (Å²) >= 11 is 0. The molecule has 0 unspecified atom stereocenters. The van der Waals surface area contributed by atoms with Crippen LogP contribution in [0.15, 0.2) is 120 Å². The zero-order valence-corrected chi connectivity index (χ0v) is 30.5. The van der Waals surface area contributed by atoms with Crippen LogP contribution in [-0.4, -0.2) is 18.0 Å². The van der Waals surface area contributed by atoms with Crippen LogP contribution in [0.1, 0.15) is 22.2 Å². The fourth-order valence-electron chi connectivity index (χ4n) is 5.29. The molecular formula is C41H37FIrN2OSi-2. The molecule has 0 atom stereocenters. The van der Waals surface area contributed by atoms with Crippen molar-refractivity contribution in [3.8, 4) is 33.6 Å². The largest absolute Gasteiger partial charge is 0.501 e. The van der Waals surface area contributed by atoms with E-state index in [4.69, 9.17) is 7.16 Å². The van der Waals surface area contributed by atoms with E-state index in [9.17, 15) is 4.39 Å². The predicted octanol–water partition coefficient (Wildman–Crippen LogP) is 10.5. The smallest absolute Gasteiger partial charge is 0.121 e. The van der Waals surface area contributed by atoms with Crippen LogP contribution in [-0.2, 0) is 26.5 Å². The van der Waals surface area contributed by atoms with E-state index in [2.05, 4.69) is 78.1 Å². The first kappa shape index (κ1) is 31.4. The van der Waals surface area contributed by atoms with Gasteiger partial charge in [0.05, 0.1) is 13.7 Å². The summed E-state index contributed by atoms with van der Waals surface area (Å²) in [6.45, 7) is 10.6. The minimum atomic E-state index is -1.44. The fraction of sp³-hybridized carbons (Fsp3) is 0.171. The van der Waals surface area contributed by atoms with E-state index in [1.54, 1.807) is 18.3 Å². The fourth-order valence-corrected chi connectivity index (χ4v) is 6.33. The van der Waals surface area contributed by atoms with E-state index in [-0.39, 0.29) is 31.8 Å². The monoisotopic (exact) mass is 815 g/mol. The molecule has 47 heavy (non-hydrogen) atoms. The van der Waals surface area contributed by atoms with E-state index in [0.29, 0.717) is 11.3 Å². The molecule has 0 bridgehead atoms. The van der Waals surface area contributed by atoms with Crippen molar-refractivity contribution in [2.24, 2.45) is 5.92 Å². The van der Waals surface area contributed by atoms with Crippen molar-refractivity contribution < 1.29 is 31.7 Å². The quantitative estimate of drug-likeness (QED) is 0.124. The second kappa shape index (κ2) is 14.7. The maximum atomic E-state index is 12.8. The van der Waals surface area contributed by atoms with Crippen molar-refractivity contribution in [3.63, 3.8) is 0 Å². The molecule has 1 radical (unpaired) electrons. The first-order chi connectivity index (χ1) is 22.9. The molecule has 0 saturated carbocycles. The van der Waals surface area contributed by atoms with Gasteiger partial charge in [0.2, 0.25) is 0 Å². The van der Waals surface area contributed by atoms with E-state index in [1.807, 2.05) is 62.5 Å². The first-order valence-corrected chi connectivity index (χ1v) is 19.0. The summed E-state index contributed by atoms with van der Waals surface area (Å²) < 4.78 is 36.0. The molecule has 3 nitrogen and oxygen atoms in total. The molecular weight excluding hydrogens is 776 g/mol. The number of nitrogens with zero attached hydrogens (tertiary/aromatic N) is 2. The van der Waals surface area contributed by atoms with E-state index >= 15 is 0 Å². The van der Waals surface area contributed by atoms with Gasteiger partial charge in [-0.05, 0) is 52.1 Å². The Morgan fingerprint density at radius 2 is 1.64 bits per heavy atom. The van der Waals surface area contributed by atoms with Gasteiger partial charge in [-0.1, -0.05) is 111 Å². The van der Waals surface area contributed by atoms with Gasteiger partial charge in [0, 0.05) is 46.4 Å². The van der Waals surface area contributed by atoms with Gasteiger partial charge in [-0.25, -0.2) is 0 Å². The van der Waals surface area contributed by atoms with Gasteiger partial charge < -0.3 is 14.4 Å². The number of fused-ring (bicyclic) bond motifs is 3. The number of pyridine rings is 2. The molecule has 7 aromatic rings. The normalized spacial score (nSPS) is 12.2. The Hall–Kier alpha value is -4.22. The molecule has 0 saturated heterocycles. The molecule has 3 aromatic heterocycles. The second-order valence-electron chi connectivity index (χ2n) is 12.6. The van der Waals surface area contributed by atoms with Crippen LogP contribution in [0, 0.1) is 23.9 Å². The third-order valence-electron chi connectivity index (χ3n) is 7.69. The van der Waals surface area contributed by atoms with Crippen LogP contribution in [0.25, 0.3) is 55.6 Å². The Labute approximate surface area is 294 Å². The van der Waals surface area contributed by atoms with Crippen LogP contribution in [0.3, 0.4) is 0 Å². The van der Waals surface area contributed by atoms with E-state index in [0.717, 1.165) is 49.9 Å². The molecule has 0 aliphatic carbocycles. The summed E-state index contributed by atoms with van der Waals surface area (Å²) in [5, 5.41) is 3.37. The number of hydrogen-bond acceptors (Lipinski definition) is 3. The molecule has 0 fully saturated rings. The Balaban J connectivity index is 0.000000221. The second-order valence-corrected chi connectivity index (χ2v) is 17.7. The van der Waals surface area contributed by atoms with Gasteiger partial charge >= 0.3 is 0 Å². The standard InChI is InChI=1S/C27H22NO.C14H15FNSi.Ir/c1-18(2)15-19-13-14-28-25(16-19)24-10-6-9-23-22-12-11-21(17-26(22)29-27(23)24)20-7-4-3-5-8-20;1-17(2,3)13-8-9-14(16-10-13)11-4-6-12(15)7-5-11;/h3-9,11-14,16-18H,15H2,1-2H3;4,6-10H,1-3H3;/q2*-1;/i15D2;;. The van der Waals surface area contributed by atoms with Crippen molar-refractivity contribution in [2.75, 3.05) is 0 Å². The third kappa shape index (κ3) is 8.02. The van der Waals surface area contributed by atoms with Crippen molar-refractivity contribution in [2.45, 2.75) is 39.9 Å². The molecule has 3 heterocycles. The van der Waals surface area contributed by atoms with Crippen molar-refractivity contribution in [1.82, 2.24) is 9.97 Å². The Morgan fingerprint density at radius 3 is 2.32 bits per heavy atom. The van der Waals surface area contributed by atoms with Crippen molar-refractivity contribution >= 4 is 35.2 Å². The topological polar surface area (TPSA) is 38.9 Å². The van der Waals surface area contributed by atoms with Crippen LogP contribution in [0.5, 0.6) is 0 Å². The Kier molecular flexibility index (Phi) is 9.80. The molecule has 0 aliphatic rings. The summed E-state index contributed by atoms with van der Waals surface area (Å²) in [4.78, 5) is 8.94. The summed E-state index contributed by atoms with van der Waals surface area (Å²) in [6, 6.07) is 38.7. The zero-order valence-electron chi connectivity index (χ0n) is 29.1. The molecule has 6 heteroatoms. The molecule has 7 rings (SSSR count). The molecule has 0 N–H and O–H groups in total. The maximum absolute atomic E-state index is 12.8. The number of aromatic nitrogens is 2. The number of halogens is 1. The average molecular weight is 815 g/mol. The first-order valence-electron chi connectivity index (χ1n) is 16.5. The van der Waals surface area contributed by atoms with Crippen molar-refractivity contribution in [1.29, 1.82) is 0 Å². The van der Waals surface area contributed by atoms with Gasteiger partial charge in [-0.2, -0.15) is 0 Å². The van der Waals surface area contributed by atoms with Gasteiger partial charge in [-0.15, -0.1) is 48.0 Å².